The lowest BCUT2D eigenvalue weighted by molar-refractivity contribution is -0.119. The Morgan fingerprint density at radius 2 is 1.79 bits per heavy atom. The number of hydrogen-bond donors (Lipinski definition) is 1. The minimum atomic E-state index is -2.03. The van der Waals surface area contributed by atoms with Crippen LogP contribution >= 0.6 is 0 Å². The molecule has 0 spiro atoms. The summed E-state index contributed by atoms with van der Waals surface area (Å²) >= 11 is 0. The number of anilines is 1. The summed E-state index contributed by atoms with van der Waals surface area (Å²) in [5, 5.41) is 2.98. The molecule has 0 aromatic heterocycles. The van der Waals surface area contributed by atoms with Crippen molar-refractivity contribution < 1.29 is 23.5 Å². The second-order valence-electron chi connectivity index (χ2n) is 10.5. The minimum absolute atomic E-state index is 0.0490. The van der Waals surface area contributed by atoms with Crippen molar-refractivity contribution in [3.8, 4) is 11.5 Å². The predicted octanol–water partition coefficient (Wildman–Crippen LogP) is 4.83. The summed E-state index contributed by atoms with van der Waals surface area (Å²) in [4.78, 5) is 28.3. The highest BCUT2D eigenvalue weighted by Crippen LogP contribution is 2.41. The maximum atomic E-state index is 13.6. The van der Waals surface area contributed by atoms with Gasteiger partial charge in [0.15, 0.2) is 19.8 Å². The largest absolute Gasteiger partial charge is 0.493 e. The third-order valence-corrected chi connectivity index (χ3v) is 11.7. The fourth-order valence-corrected chi connectivity index (χ4v) is 5.53. The highest BCUT2D eigenvalue weighted by molar-refractivity contribution is 6.74. The summed E-state index contributed by atoms with van der Waals surface area (Å²) in [6.45, 7) is 11.7. The Bertz CT molecular complexity index is 1080. The molecule has 2 aromatic carbocycles. The molecule has 0 saturated carbocycles. The van der Waals surface area contributed by atoms with Crippen LogP contribution in [0.25, 0.3) is 0 Å². The Morgan fingerprint density at radius 1 is 1.09 bits per heavy atom. The molecule has 1 saturated heterocycles. The van der Waals surface area contributed by atoms with E-state index in [0.717, 1.165) is 5.56 Å². The standard InChI is InChI=1S/C26H34N2O5Si/c1-26(2,3)34(5,6)33-18-12-21-24(29)27-20-14-22(31-4)23(13-19(20)25(30)28(21)15-18)32-16-17-10-8-7-9-11-17/h7-11,13-14,18,21H,12,15-16H2,1-6H3,(H,27,29)/t18-,21+/m1/s1. The van der Waals surface area contributed by atoms with E-state index in [1.807, 2.05) is 30.3 Å². The summed E-state index contributed by atoms with van der Waals surface area (Å²) in [6, 6.07) is 12.6. The lowest BCUT2D eigenvalue weighted by Gasteiger charge is -2.38. The number of amides is 2. The maximum Gasteiger partial charge on any atom is 0.256 e. The quantitative estimate of drug-likeness (QED) is 0.597. The van der Waals surface area contributed by atoms with Crippen molar-refractivity contribution in [3.63, 3.8) is 0 Å². The summed E-state index contributed by atoms with van der Waals surface area (Å²) < 4.78 is 18.0. The van der Waals surface area contributed by atoms with E-state index in [1.165, 1.54) is 0 Å². The third kappa shape index (κ3) is 4.70. The maximum absolute atomic E-state index is 13.6. The van der Waals surface area contributed by atoms with Gasteiger partial charge in [-0.2, -0.15) is 0 Å². The van der Waals surface area contributed by atoms with Gasteiger partial charge in [0.1, 0.15) is 12.6 Å². The van der Waals surface area contributed by atoms with Crippen molar-refractivity contribution in [1.82, 2.24) is 4.90 Å². The molecule has 1 fully saturated rings. The molecule has 2 aliphatic rings. The number of ether oxygens (including phenoxy) is 2. The average Bonchev–Trinajstić information content (AvgIpc) is 3.17. The highest BCUT2D eigenvalue weighted by atomic mass is 28.4. The van der Waals surface area contributed by atoms with E-state index < -0.39 is 14.4 Å². The van der Waals surface area contributed by atoms with E-state index >= 15 is 0 Å². The first-order valence-electron chi connectivity index (χ1n) is 11.7. The van der Waals surface area contributed by atoms with Crippen LogP contribution in [0.3, 0.4) is 0 Å². The molecule has 34 heavy (non-hydrogen) atoms. The van der Waals surface area contributed by atoms with Crippen LogP contribution in [0.2, 0.25) is 18.1 Å². The molecule has 0 unspecified atom stereocenters. The van der Waals surface area contributed by atoms with Crippen LogP contribution in [-0.2, 0) is 15.8 Å². The summed E-state index contributed by atoms with van der Waals surface area (Å²) in [5.41, 5.74) is 1.84. The van der Waals surface area contributed by atoms with E-state index in [9.17, 15) is 9.59 Å². The zero-order valence-corrected chi connectivity index (χ0v) is 21.8. The molecule has 0 aliphatic carbocycles. The Balaban J connectivity index is 1.59. The number of carbonyl (C=O) groups excluding carboxylic acids is 2. The van der Waals surface area contributed by atoms with Crippen LogP contribution in [0.4, 0.5) is 5.69 Å². The van der Waals surface area contributed by atoms with Crippen LogP contribution < -0.4 is 14.8 Å². The predicted molar refractivity (Wildman–Crippen MR) is 134 cm³/mol. The Kier molecular flexibility index (Phi) is 6.48. The SMILES string of the molecule is COc1cc2c(cc1OCc1ccccc1)C(=O)N1C[C@H](O[Si](C)(C)C(C)(C)C)C[C@H]1C(=O)N2. The van der Waals surface area contributed by atoms with E-state index in [2.05, 4.69) is 39.2 Å². The van der Waals surface area contributed by atoms with E-state index in [4.69, 9.17) is 13.9 Å². The second kappa shape index (κ2) is 9.07. The van der Waals surface area contributed by atoms with Crippen LogP contribution in [-0.4, -0.2) is 50.8 Å². The normalized spacial score (nSPS) is 20.4. The van der Waals surface area contributed by atoms with Crippen molar-refractivity contribution in [2.24, 2.45) is 0 Å². The number of rotatable bonds is 6. The first-order chi connectivity index (χ1) is 16.0. The third-order valence-electron chi connectivity index (χ3n) is 7.12. The van der Waals surface area contributed by atoms with Crippen molar-refractivity contribution in [2.45, 2.75) is 64.1 Å². The average molecular weight is 483 g/mol. The summed E-state index contributed by atoms with van der Waals surface area (Å²) in [6.07, 6.45) is 0.334. The minimum Gasteiger partial charge on any atom is -0.493 e. The number of benzene rings is 2. The molecule has 7 nitrogen and oxygen atoms in total. The zero-order valence-electron chi connectivity index (χ0n) is 20.8. The number of nitrogens with zero attached hydrogens (tertiary/aromatic N) is 1. The van der Waals surface area contributed by atoms with E-state index in [0.29, 0.717) is 42.3 Å². The molecule has 2 aliphatic heterocycles. The molecule has 2 heterocycles. The molecule has 0 bridgehead atoms. The molecule has 8 heteroatoms. The van der Waals surface area contributed by atoms with Gasteiger partial charge in [0.25, 0.3) is 5.91 Å². The van der Waals surface area contributed by atoms with Crippen LogP contribution in [0, 0.1) is 0 Å². The molecule has 2 amide bonds. The fourth-order valence-electron chi connectivity index (χ4n) is 4.17. The van der Waals surface area contributed by atoms with Gasteiger partial charge in [-0.3, -0.25) is 9.59 Å². The molecule has 1 N–H and O–H groups in total. The lowest BCUT2D eigenvalue weighted by atomic mass is 10.1. The number of carbonyl (C=O) groups is 2. The van der Waals surface area contributed by atoms with Crippen molar-refractivity contribution in [1.29, 1.82) is 0 Å². The Morgan fingerprint density at radius 3 is 2.44 bits per heavy atom. The highest BCUT2D eigenvalue weighted by Gasteiger charge is 2.47. The van der Waals surface area contributed by atoms with E-state index in [-0.39, 0.29) is 23.0 Å². The molecule has 2 aromatic rings. The van der Waals surface area contributed by atoms with Gasteiger partial charge in [-0.15, -0.1) is 0 Å². The molecular formula is C26H34N2O5Si. The Hall–Kier alpha value is -2.84. The van der Waals surface area contributed by atoms with Crippen molar-refractivity contribution in [3.05, 3.63) is 53.6 Å². The van der Waals surface area contributed by atoms with Gasteiger partial charge in [0.2, 0.25) is 5.91 Å². The second-order valence-corrected chi connectivity index (χ2v) is 15.3. The van der Waals surface area contributed by atoms with Gasteiger partial charge in [0, 0.05) is 19.0 Å². The topological polar surface area (TPSA) is 77.1 Å². The summed E-state index contributed by atoms with van der Waals surface area (Å²) in [7, 11) is -0.493. The smallest absolute Gasteiger partial charge is 0.256 e. The van der Waals surface area contributed by atoms with Gasteiger partial charge in [-0.1, -0.05) is 51.1 Å². The first kappa shape index (κ1) is 24.3. The molecule has 2 atom stereocenters. The number of methoxy groups -OCH3 is 1. The summed E-state index contributed by atoms with van der Waals surface area (Å²) in [5.74, 6) is 0.517. The van der Waals surface area contributed by atoms with Crippen LogP contribution in [0.5, 0.6) is 11.5 Å². The molecule has 182 valence electrons. The van der Waals surface area contributed by atoms with Crippen LogP contribution in [0.15, 0.2) is 42.5 Å². The number of nitrogens with one attached hydrogen (secondary N) is 1. The molecule has 0 radical (unpaired) electrons. The van der Waals surface area contributed by atoms with Crippen molar-refractivity contribution in [2.75, 3.05) is 19.0 Å². The number of hydrogen-bond acceptors (Lipinski definition) is 5. The van der Waals surface area contributed by atoms with Crippen molar-refractivity contribution >= 4 is 25.8 Å². The molecule has 4 rings (SSSR count). The van der Waals surface area contributed by atoms with Crippen LogP contribution in [0.1, 0.15) is 43.1 Å². The van der Waals surface area contributed by atoms with Gasteiger partial charge in [-0.25, -0.2) is 0 Å². The van der Waals surface area contributed by atoms with Gasteiger partial charge in [-0.05, 0) is 29.8 Å². The first-order valence-corrected chi connectivity index (χ1v) is 14.6. The van der Waals surface area contributed by atoms with Gasteiger partial charge in [0.05, 0.1) is 24.5 Å². The molecular weight excluding hydrogens is 448 g/mol. The monoisotopic (exact) mass is 482 g/mol. The van der Waals surface area contributed by atoms with Gasteiger partial charge >= 0.3 is 0 Å². The van der Waals surface area contributed by atoms with Gasteiger partial charge < -0.3 is 24.1 Å². The Labute approximate surface area is 202 Å². The number of fused-ring (bicyclic) bond motifs is 2. The zero-order chi connectivity index (χ0) is 24.7. The lowest BCUT2D eigenvalue weighted by Crippen LogP contribution is -2.44. The van der Waals surface area contributed by atoms with E-state index in [1.54, 1.807) is 24.1 Å². The fraction of sp³-hybridized carbons (Fsp3) is 0.462.